The van der Waals surface area contributed by atoms with Crippen molar-refractivity contribution in [3.8, 4) is 0 Å². The molecule has 112 valence electrons. The van der Waals surface area contributed by atoms with Crippen molar-refractivity contribution in [2.75, 3.05) is 32.0 Å². The number of morpholine rings is 1. The number of anilines is 1. The molecular formula is C12H21N5O3. The van der Waals surface area contributed by atoms with E-state index in [0.717, 1.165) is 13.1 Å². The van der Waals surface area contributed by atoms with Crippen molar-refractivity contribution < 1.29 is 14.3 Å². The Kier molecular flexibility index (Phi) is 4.91. The van der Waals surface area contributed by atoms with Gasteiger partial charge in [-0.3, -0.25) is 9.69 Å². The van der Waals surface area contributed by atoms with E-state index in [4.69, 9.17) is 15.2 Å². The molecule has 1 saturated heterocycles. The number of carbonyl (C=O) groups excluding carboxylic acids is 1. The van der Waals surface area contributed by atoms with E-state index in [1.54, 1.807) is 0 Å². The lowest BCUT2D eigenvalue weighted by molar-refractivity contribution is -0.151. The van der Waals surface area contributed by atoms with Crippen LogP contribution in [0.25, 0.3) is 0 Å². The van der Waals surface area contributed by atoms with Gasteiger partial charge in [0, 0.05) is 19.1 Å². The van der Waals surface area contributed by atoms with Crippen LogP contribution in [-0.2, 0) is 20.8 Å². The Labute approximate surface area is 117 Å². The number of nitrogens with two attached hydrogens (primary N) is 1. The summed E-state index contributed by atoms with van der Waals surface area (Å²) in [4.78, 5) is 17.7. The molecule has 1 aliphatic rings. The molecule has 1 fully saturated rings. The number of hydrogen-bond acceptors (Lipinski definition) is 7. The highest BCUT2D eigenvalue weighted by Gasteiger charge is 2.23. The molecule has 8 nitrogen and oxygen atoms in total. The number of aromatic nitrogens is 3. The Morgan fingerprint density at radius 1 is 1.65 bits per heavy atom. The summed E-state index contributed by atoms with van der Waals surface area (Å²) < 4.78 is 12.1. The fourth-order valence-corrected chi connectivity index (χ4v) is 2.06. The first-order valence-corrected chi connectivity index (χ1v) is 6.71. The average molecular weight is 283 g/mol. The Balaban J connectivity index is 1.73. The van der Waals surface area contributed by atoms with Crippen LogP contribution in [0, 0.1) is 0 Å². The normalized spacial score (nSPS) is 20.2. The van der Waals surface area contributed by atoms with E-state index in [-0.39, 0.29) is 31.2 Å². The van der Waals surface area contributed by atoms with Crippen LogP contribution < -0.4 is 5.73 Å². The summed E-state index contributed by atoms with van der Waals surface area (Å²) in [5, 5.41) is 3.82. The molecule has 1 unspecified atom stereocenters. The van der Waals surface area contributed by atoms with Gasteiger partial charge in [0.25, 0.3) is 0 Å². The van der Waals surface area contributed by atoms with Crippen LogP contribution in [0.5, 0.6) is 0 Å². The highest BCUT2D eigenvalue weighted by molar-refractivity contribution is 5.69. The summed E-state index contributed by atoms with van der Waals surface area (Å²) in [7, 11) is 0. The molecule has 0 bridgehead atoms. The number of ether oxygens (including phenoxy) is 2. The highest BCUT2D eigenvalue weighted by atomic mass is 16.6. The molecule has 1 aromatic rings. The van der Waals surface area contributed by atoms with Gasteiger partial charge in [0.05, 0.1) is 6.61 Å². The van der Waals surface area contributed by atoms with Gasteiger partial charge in [-0.1, -0.05) is 0 Å². The molecule has 1 aromatic heterocycles. The first-order valence-electron chi connectivity index (χ1n) is 6.71. The van der Waals surface area contributed by atoms with Gasteiger partial charge in [-0.25, -0.2) is 9.67 Å². The Hall–Kier alpha value is -1.67. The van der Waals surface area contributed by atoms with Crippen LogP contribution in [-0.4, -0.2) is 64.1 Å². The fraction of sp³-hybridized carbons (Fsp3) is 0.750. The zero-order valence-corrected chi connectivity index (χ0v) is 11.9. The predicted octanol–water partition coefficient (Wildman–Crippen LogP) is -0.487. The lowest BCUT2D eigenvalue weighted by Crippen LogP contribution is -2.47. The van der Waals surface area contributed by atoms with Gasteiger partial charge in [-0.15, -0.1) is 5.10 Å². The minimum atomic E-state index is -0.375. The van der Waals surface area contributed by atoms with Crippen LogP contribution in [0.2, 0.25) is 0 Å². The minimum absolute atomic E-state index is 0.00478. The topological polar surface area (TPSA) is 95.5 Å². The van der Waals surface area contributed by atoms with Crippen molar-refractivity contribution in [2.45, 2.75) is 32.5 Å². The maximum absolute atomic E-state index is 11.7. The molecule has 2 N–H and O–H groups in total. The lowest BCUT2D eigenvalue weighted by atomic mass is 10.2. The summed E-state index contributed by atoms with van der Waals surface area (Å²) >= 11 is 0. The summed E-state index contributed by atoms with van der Waals surface area (Å²) in [5.74, 6) is -0.235. The predicted molar refractivity (Wildman–Crippen MR) is 71.8 cm³/mol. The fourth-order valence-electron chi connectivity index (χ4n) is 2.06. The van der Waals surface area contributed by atoms with Crippen LogP contribution in [0.3, 0.4) is 0 Å². The molecule has 1 atom stereocenters. The third-order valence-electron chi connectivity index (χ3n) is 3.18. The minimum Gasteiger partial charge on any atom is -0.461 e. The van der Waals surface area contributed by atoms with Gasteiger partial charge in [0.15, 0.2) is 0 Å². The zero-order chi connectivity index (χ0) is 14.5. The van der Waals surface area contributed by atoms with Gasteiger partial charge in [-0.05, 0) is 13.8 Å². The first kappa shape index (κ1) is 14.7. The van der Waals surface area contributed by atoms with Crippen molar-refractivity contribution in [1.82, 2.24) is 19.7 Å². The molecule has 0 spiro atoms. The number of nitrogen functional groups attached to an aromatic ring is 1. The number of esters is 1. The van der Waals surface area contributed by atoms with Crippen molar-refractivity contribution in [3.63, 3.8) is 0 Å². The van der Waals surface area contributed by atoms with E-state index in [0.29, 0.717) is 12.6 Å². The van der Waals surface area contributed by atoms with E-state index < -0.39 is 0 Å². The molecular weight excluding hydrogens is 262 g/mol. The summed E-state index contributed by atoms with van der Waals surface area (Å²) in [6.07, 6.45) is 1.32. The van der Waals surface area contributed by atoms with Crippen molar-refractivity contribution in [3.05, 3.63) is 6.33 Å². The molecule has 0 aliphatic carbocycles. The largest absolute Gasteiger partial charge is 0.461 e. The van der Waals surface area contributed by atoms with Gasteiger partial charge >= 0.3 is 5.97 Å². The van der Waals surface area contributed by atoms with E-state index >= 15 is 0 Å². The number of rotatable bonds is 5. The second-order valence-electron chi connectivity index (χ2n) is 5.06. The number of carbonyl (C=O) groups is 1. The van der Waals surface area contributed by atoms with E-state index in [9.17, 15) is 4.79 Å². The molecule has 2 heterocycles. The average Bonchev–Trinajstić information content (AvgIpc) is 2.82. The second-order valence-corrected chi connectivity index (χ2v) is 5.06. The zero-order valence-electron chi connectivity index (χ0n) is 11.9. The summed E-state index contributed by atoms with van der Waals surface area (Å²) in [5.41, 5.74) is 5.37. The summed E-state index contributed by atoms with van der Waals surface area (Å²) in [6.45, 7) is 6.91. The van der Waals surface area contributed by atoms with Crippen molar-refractivity contribution in [1.29, 1.82) is 0 Å². The Morgan fingerprint density at radius 2 is 2.45 bits per heavy atom. The van der Waals surface area contributed by atoms with E-state index in [1.165, 1.54) is 11.0 Å². The second kappa shape index (κ2) is 6.67. The van der Waals surface area contributed by atoms with Crippen molar-refractivity contribution >= 4 is 11.9 Å². The van der Waals surface area contributed by atoms with Gasteiger partial charge in [0.2, 0.25) is 5.95 Å². The first-order chi connectivity index (χ1) is 9.54. The third-order valence-corrected chi connectivity index (χ3v) is 3.18. The SMILES string of the molecule is CC(C)N1CCOC(COC(=O)Cn2cnc(N)n2)C1. The summed E-state index contributed by atoms with van der Waals surface area (Å²) in [6, 6.07) is 0.468. The smallest absolute Gasteiger partial charge is 0.327 e. The third kappa shape index (κ3) is 4.17. The molecule has 0 amide bonds. The molecule has 8 heteroatoms. The quantitative estimate of drug-likeness (QED) is 0.729. The molecule has 0 aromatic carbocycles. The van der Waals surface area contributed by atoms with E-state index in [2.05, 4.69) is 28.8 Å². The molecule has 0 radical (unpaired) electrons. The van der Waals surface area contributed by atoms with Crippen LogP contribution in [0.1, 0.15) is 13.8 Å². The van der Waals surface area contributed by atoms with Crippen LogP contribution in [0.15, 0.2) is 6.33 Å². The van der Waals surface area contributed by atoms with Crippen molar-refractivity contribution in [2.24, 2.45) is 0 Å². The monoisotopic (exact) mass is 283 g/mol. The van der Waals surface area contributed by atoms with Gasteiger partial charge < -0.3 is 15.2 Å². The maximum atomic E-state index is 11.7. The molecule has 0 saturated carbocycles. The van der Waals surface area contributed by atoms with Gasteiger partial charge in [-0.2, -0.15) is 0 Å². The van der Waals surface area contributed by atoms with Crippen LogP contribution >= 0.6 is 0 Å². The van der Waals surface area contributed by atoms with Gasteiger partial charge in [0.1, 0.15) is 25.6 Å². The molecule has 20 heavy (non-hydrogen) atoms. The molecule has 1 aliphatic heterocycles. The standard InChI is InChI=1S/C12H21N5O3/c1-9(2)16-3-4-19-10(5-16)7-20-11(18)6-17-8-14-12(13)15-17/h8-10H,3-7H2,1-2H3,(H2,13,15). The van der Waals surface area contributed by atoms with E-state index in [1.807, 2.05) is 0 Å². The number of hydrogen-bond donors (Lipinski definition) is 1. The maximum Gasteiger partial charge on any atom is 0.327 e. The van der Waals surface area contributed by atoms with Crippen LogP contribution in [0.4, 0.5) is 5.95 Å². The Bertz CT molecular complexity index is 448. The Morgan fingerprint density at radius 3 is 3.10 bits per heavy atom. The molecule has 2 rings (SSSR count). The number of nitrogens with zero attached hydrogens (tertiary/aromatic N) is 4. The highest BCUT2D eigenvalue weighted by Crippen LogP contribution is 2.09. The lowest BCUT2D eigenvalue weighted by Gasteiger charge is -2.35.